The molecule has 5 heteroatoms. The topological polar surface area (TPSA) is 33.4 Å². The molecule has 0 amide bonds. The number of hydrogen-bond donors (Lipinski definition) is 0. The van der Waals surface area contributed by atoms with Crippen molar-refractivity contribution in [2.24, 2.45) is 0 Å². The third-order valence-electron chi connectivity index (χ3n) is 3.96. The number of halogens is 1. The highest BCUT2D eigenvalue weighted by atomic mass is 35.5. The van der Waals surface area contributed by atoms with Gasteiger partial charge in [-0.15, -0.1) is 10.2 Å². The Kier molecular flexibility index (Phi) is 3.46. The van der Waals surface area contributed by atoms with Crippen LogP contribution in [0.5, 0.6) is 0 Å². The average molecular weight is 279 g/mol. The van der Waals surface area contributed by atoms with Gasteiger partial charge in [0.1, 0.15) is 5.82 Å². The number of aromatic nitrogens is 3. The van der Waals surface area contributed by atoms with E-state index in [0.29, 0.717) is 17.1 Å². The van der Waals surface area contributed by atoms with Gasteiger partial charge in [0.05, 0.1) is 5.02 Å². The second kappa shape index (κ2) is 5.10. The molecule has 1 saturated heterocycles. The van der Waals surface area contributed by atoms with Gasteiger partial charge in [0.25, 0.3) is 0 Å². The van der Waals surface area contributed by atoms with E-state index in [9.17, 15) is 0 Å². The fraction of sp³-hybridized carbons (Fsp3) is 0.571. The molecule has 2 aromatic heterocycles. The summed E-state index contributed by atoms with van der Waals surface area (Å²) in [6.07, 6.45) is 5.46. The standard InChI is InChI=1S/C14H19ClN4/c1-10(2)18-7-3-5-11(18)9-13-16-17-14-12(15)6-4-8-19(13)14/h4,6,8,10-11H,3,5,7,9H2,1-2H3. The number of hydrogen-bond acceptors (Lipinski definition) is 3. The Labute approximate surface area is 118 Å². The molecule has 0 saturated carbocycles. The van der Waals surface area contributed by atoms with Crippen LogP contribution in [0.4, 0.5) is 0 Å². The van der Waals surface area contributed by atoms with Crippen molar-refractivity contribution in [3.63, 3.8) is 0 Å². The summed E-state index contributed by atoms with van der Waals surface area (Å²) in [5.74, 6) is 1.01. The van der Waals surface area contributed by atoms with Gasteiger partial charge >= 0.3 is 0 Å². The summed E-state index contributed by atoms with van der Waals surface area (Å²) < 4.78 is 2.01. The van der Waals surface area contributed by atoms with Gasteiger partial charge in [-0.1, -0.05) is 11.6 Å². The molecular weight excluding hydrogens is 260 g/mol. The van der Waals surface area contributed by atoms with Crippen LogP contribution in [-0.2, 0) is 6.42 Å². The molecule has 1 unspecified atom stereocenters. The lowest BCUT2D eigenvalue weighted by Gasteiger charge is -2.27. The summed E-state index contributed by atoms with van der Waals surface area (Å²) in [5, 5.41) is 9.17. The van der Waals surface area contributed by atoms with E-state index >= 15 is 0 Å². The van der Waals surface area contributed by atoms with Gasteiger partial charge in [0, 0.05) is 24.7 Å². The summed E-state index contributed by atoms with van der Waals surface area (Å²) in [5.41, 5.74) is 0.758. The second-order valence-electron chi connectivity index (χ2n) is 5.50. The van der Waals surface area contributed by atoms with Gasteiger partial charge in [-0.3, -0.25) is 9.30 Å². The van der Waals surface area contributed by atoms with Crippen molar-refractivity contribution in [1.29, 1.82) is 0 Å². The third-order valence-corrected chi connectivity index (χ3v) is 4.26. The summed E-state index contributed by atoms with van der Waals surface area (Å²) >= 11 is 6.13. The molecule has 1 atom stereocenters. The van der Waals surface area contributed by atoms with Crippen molar-refractivity contribution in [3.05, 3.63) is 29.2 Å². The number of pyridine rings is 1. The van der Waals surface area contributed by atoms with E-state index in [1.807, 2.05) is 22.7 Å². The molecule has 0 aliphatic carbocycles. The number of rotatable bonds is 3. The van der Waals surface area contributed by atoms with Crippen LogP contribution >= 0.6 is 11.6 Å². The highest BCUT2D eigenvalue weighted by Gasteiger charge is 2.28. The largest absolute Gasteiger partial charge is 0.298 e. The third kappa shape index (κ3) is 2.35. The summed E-state index contributed by atoms with van der Waals surface area (Å²) in [7, 11) is 0. The van der Waals surface area contributed by atoms with Crippen molar-refractivity contribution in [2.45, 2.75) is 45.2 Å². The van der Waals surface area contributed by atoms with Crippen molar-refractivity contribution in [2.75, 3.05) is 6.54 Å². The van der Waals surface area contributed by atoms with Gasteiger partial charge in [-0.25, -0.2) is 0 Å². The van der Waals surface area contributed by atoms with Crippen LogP contribution in [-0.4, -0.2) is 38.1 Å². The lowest BCUT2D eigenvalue weighted by molar-refractivity contribution is 0.200. The van der Waals surface area contributed by atoms with E-state index < -0.39 is 0 Å². The van der Waals surface area contributed by atoms with E-state index in [1.165, 1.54) is 19.4 Å². The van der Waals surface area contributed by atoms with Crippen molar-refractivity contribution >= 4 is 17.2 Å². The molecule has 2 aromatic rings. The lowest BCUT2D eigenvalue weighted by Crippen LogP contribution is -2.37. The Morgan fingerprint density at radius 1 is 1.42 bits per heavy atom. The molecule has 0 bridgehead atoms. The normalized spacial score (nSPS) is 20.7. The van der Waals surface area contributed by atoms with Gasteiger partial charge in [-0.05, 0) is 45.4 Å². The highest BCUT2D eigenvalue weighted by Crippen LogP contribution is 2.24. The van der Waals surface area contributed by atoms with E-state index in [-0.39, 0.29) is 0 Å². The molecule has 1 fully saturated rings. The number of nitrogens with zero attached hydrogens (tertiary/aromatic N) is 4. The van der Waals surface area contributed by atoms with Crippen LogP contribution in [0, 0.1) is 0 Å². The maximum atomic E-state index is 6.13. The summed E-state index contributed by atoms with van der Waals surface area (Å²) in [6, 6.07) is 4.96. The average Bonchev–Trinajstić information content (AvgIpc) is 2.98. The summed E-state index contributed by atoms with van der Waals surface area (Å²) in [6.45, 7) is 5.72. The fourth-order valence-electron chi connectivity index (χ4n) is 3.04. The maximum Gasteiger partial charge on any atom is 0.179 e. The zero-order chi connectivity index (χ0) is 13.4. The Hall–Kier alpha value is -1.13. The van der Waals surface area contributed by atoms with Crippen LogP contribution in [0.15, 0.2) is 18.3 Å². The zero-order valence-electron chi connectivity index (χ0n) is 11.4. The zero-order valence-corrected chi connectivity index (χ0v) is 12.1. The monoisotopic (exact) mass is 278 g/mol. The molecular formula is C14H19ClN4. The Balaban J connectivity index is 1.87. The smallest absolute Gasteiger partial charge is 0.179 e. The van der Waals surface area contributed by atoms with Crippen LogP contribution in [0.3, 0.4) is 0 Å². The quantitative estimate of drug-likeness (QED) is 0.866. The minimum Gasteiger partial charge on any atom is -0.298 e. The van der Waals surface area contributed by atoms with Crippen LogP contribution in [0.25, 0.3) is 5.65 Å². The van der Waals surface area contributed by atoms with E-state index in [0.717, 1.165) is 17.9 Å². The molecule has 3 rings (SSSR count). The molecule has 0 spiro atoms. The number of likely N-dealkylation sites (tertiary alicyclic amines) is 1. The first-order valence-corrected chi connectivity index (χ1v) is 7.28. The molecule has 19 heavy (non-hydrogen) atoms. The minimum absolute atomic E-state index is 0.575. The predicted octanol–water partition coefficient (Wildman–Crippen LogP) is 2.80. The molecule has 3 heterocycles. The molecule has 0 N–H and O–H groups in total. The van der Waals surface area contributed by atoms with Crippen molar-refractivity contribution < 1.29 is 0 Å². The van der Waals surface area contributed by atoms with Crippen molar-refractivity contribution in [1.82, 2.24) is 19.5 Å². The van der Waals surface area contributed by atoms with Gasteiger partial charge in [0.15, 0.2) is 5.65 Å². The maximum absolute atomic E-state index is 6.13. The molecule has 1 aliphatic heterocycles. The van der Waals surface area contributed by atoms with Crippen LogP contribution < -0.4 is 0 Å². The predicted molar refractivity (Wildman–Crippen MR) is 76.6 cm³/mol. The first kappa shape index (κ1) is 12.9. The minimum atomic E-state index is 0.575. The summed E-state index contributed by atoms with van der Waals surface area (Å²) in [4.78, 5) is 2.56. The second-order valence-corrected chi connectivity index (χ2v) is 5.90. The Morgan fingerprint density at radius 3 is 3.05 bits per heavy atom. The van der Waals surface area contributed by atoms with E-state index in [1.54, 1.807) is 0 Å². The van der Waals surface area contributed by atoms with Crippen molar-refractivity contribution in [3.8, 4) is 0 Å². The van der Waals surface area contributed by atoms with E-state index in [4.69, 9.17) is 11.6 Å². The van der Waals surface area contributed by atoms with E-state index in [2.05, 4.69) is 28.9 Å². The van der Waals surface area contributed by atoms with Gasteiger partial charge < -0.3 is 0 Å². The molecule has 1 aliphatic rings. The lowest BCUT2D eigenvalue weighted by atomic mass is 10.1. The van der Waals surface area contributed by atoms with Gasteiger partial charge in [-0.2, -0.15) is 0 Å². The molecule has 0 aromatic carbocycles. The Morgan fingerprint density at radius 2 is 2.26 bits per heavy atom. The highest BCUT2D eigenvalue weighted by molar-refractivity contribution is 6.33. The Bertz CT molecular complexity index is 578. The molecule has 4 nitrogen and oxygen atoms in total. The van der Waals surface area contributed by atoms with Crippen LogP contribution in [0.2, 0.25) is 5.02 Å². The number of fused-ring (bicyclic) bond motifs is 1. The molecule has 102 valence electrons. The first-order valence-electron chi connectivity index (χ1n) is 6.90. The van der Waals surface area contributed by atoms with Crippen LogP contribution in [0.1, 0.15) is 32.5 Å². The van der Waals surface area contributed by atoms with Gasteiger partial charge in [0.2, 0.25) is 0 Å². The molecule has 0 radical (unpaired) electrons. The SMILES string of the molecule is CC(C)N1CCCC1Cc1nnc2c(Cl)cccn12. The fourth-order valence-corrected chi connectivity index (χ4v) is 3.24. The first-order chi connectivity index (χ1) is 9.16.